The van der Waals surface area contributed by atoms with Gasteiger partial charge in [-0.2, -0.15) is 0 Å². The van der Waals surface area contributed by atoms with Gasteiger partial charge in [0.25, 0.3) is 0 Å². The SMILES string of the molecule is CCC(CNC(C)C)N1CCN(CC(C)C)CC1. The molecule has 1 atom stereocenters. The molecule has 18 heavy (non-hydrogen) atoms. The second-order valence-corrected chi connectivity index (χ2v) is 6.36. The third-order valence-corrected chi connectivity index (χ3v) is 3.78. The number of nitrogens with zero attached hydrogens (tertiary/aromatic N) is 2. The first-order chi connectivity index (χ1) is 8.52. The van der Waals surface area contributed by atoms with Gasteiger partial charge in [-0.25, -0.2) is 0 Å². The summed E-state index contributed by atoms with van der Waals surface area (Å²) in [5.41, 5.74) is 0. The lowest BCUT2D eigenvalue weighted by Gasteiger charge is -2.40. The Morgan fingerprint density at radius 1 is 1.00 bits per heavy atom. The van der Waals surface area contributed by atoms with E-state index in [-0.39, 0.29) is 0 Å². The molecule has 0 spiro atoms. The summed E-state index contributed by atoms with van der Waals surface area (Å²) in [5, 5.41) is 3.58. The zero-order valence-electron chi connectivity index (χ0n) is 13.1. The lowest BCUT2D eigenvalue weighted by atomic mass is 10.1. The van der Waals surface area contributed by atoms with E-state index in [1.807, 2.05) is 0 Å². The predicted molar refractivity (Wildman–Crippen MR) is 80.1 cm³/mol. The summed E-state index contributed by atoms with van der Waals surface area (Å²) in [6, 6.07) is 1.31. The highest BCUT2D eigenvalue weighted by Crippen LogP contribution is 2.10. The van der Waals surface area contributed by atoms with Crippen molar-refractivity contribution in [2.24, 2.45) is 5.92 Å². The van der Waals surface area contributed by atoms with E-state index in [1.165, 1.54) is 39.1 Å². The Kier molecular flexibility index (Phi) is 7.20. The molecule has 0 bridgehead atoms. The fourth-order valence-electron chi connectivity index (χ4n) is 2.73. The molecule has 1 fully saturated rings. The van der Waals surface area contributed by atoms with Crippen molar-refractivity contribution in [2.45, 2.75) is 53.1 Å². The summed E-state index contributed by atoms with van der Waals surface area (Å²) < 4.78 is 0. The number of nitrogens with one attached hydrogen (secondary N) is 1. The van der Waals surface area contributed by atoms with Crippen molar-refractivity contribution in [1.29, 1.82) is 0 Å². The van der Waals surface area contributed by atoms with Crippen molar-refractivity contribution in [3.8, 4) is 0 Å². The minimum Gasteiger partial charge on any atom is -0.313 e. The smallest absolute Gasteiger partial charge is 0.0219 e. The van der Waals surface area contributed by atoms with E-state index in [0.717, 1.165) is 12.5 Å². The molecule has 108 valence electrons. The Morgan fingerprint density at radius 3 is 2.06 bits per heavy atom. The third-order valence-electron chi connectivity index (χ3n) is 3.78. The molecule has 0 radical (unpaired) electrons. The standard InChI is InChI=1S/C15H33N3/c1-6-15(11-16-14(4)5)18-9-7-17(8-10-18)12-13(2)3/h13-16H,6-12H2,1-5H3. The molecule has 3 heteroatoms. The summed E-state index contributed by atoms with van der Waals surface area (Å²) in [4.78, 5) is 5.29. The van der Waals surface area contributed by atoms with Gasteiger partial charge in [-0.3, -0.25) is 4.90 Å². The van der Waals surface area contributed by atoms with Gasteiger partial charge in [0.05, 0.1) is 0 Å². The monoisotopic (exact) mass is 255 g/mol. The van der Waals surface area contributed by atoms with Crippen molar-refractivity contribution >= 4 is 0 Å². The van der Waals surface area contributed by atoms with Crippen LogP contribution in [0.3, 0.4) is 0 Å². The van der Waals surface area contributed by atoms with Crippen molar-refractivity contribution < 1.29 is 0 Å². The first kappa shape index (κ1) is 15.9. The molecule has 1 N–H and O–H groups in total. The van der Waals surface area contributed by atoms with E-state index in [0.29, 0.717) is 12.1 Å². The molecule has 1 heterocycles. The Labute approximate surface area is 114 Å². The third kappa shape index (κ3) is 5.68. The van der Waals surface area contributed by atoms with Crippen molar-refractivity contribution in [3.05, 3.63) is 0 Å². The normalized spacial score (nSPS) is 20.8. The highest BCUT2D eigenvalue weighted by molar-refractivity contribution is 4.80. The molecule has 3 nitrogen and oxygen atoms in total. The van der Waals surface area contributed by atoms with E-state index >= 15 is 0 Å². The van der Waals surface area contributed by atoms with E-state index in [2.05, 4.69) is 49.7 Å². The number of hydrogen-bond acceptors (Lipinski definition) is 3. The Bertz CT molecular complexity index is 208. The number of hydrogen-bond donors (Lipinski definition) is 1. The maximum atomic E-state index is 3.58. The van der Waals surface area contributed by atoms with Gasteiger partial charge in [-0.05, 0) is 12.3 Å². The highest BCUT2D eigenvalue weighted by atomic mass is 15.3. The molecule has 1 saturated heterocycles. The lowest BCUT2D eigenvalue weighted by molar-refractivity contribution is 0.0858. The van der Waals surface area contributed by atoms with E-state index in [1.54, 1.807) is 0 Å². The van der Waals surface area contributed by atoms with Gasteiger partial charge < -0.3 is 10.2 Å². The molecule has 0 aromatic carbocycles. The van der Waals surface area contributed by atoms with Gasteiger partial charge in [-0.15, -0.1) is 0 Å². The van der Waals surface area contributed by atoms with Crippen LogP contribution in [-0.4, -0.2) is 61.2 Å². The van der Waals surface area contributed by atoms with Crippen LogP contribution in [0, 0.1) is 5.92 Å². The minimum absolute atomic E-state index is 0.598. The zero-order valence-corrected chi connectivity index (χ0v) is 13.1. The van der Waals surface area contributed by atoms with Gasteiger partial charge in [0.1, 0.15) is 0 Å². The highest BCUT2D eigenvalue weighted by Gasteiger charge is 2.22. The van der Waals surface area contributed by atoms with Gasteiger partial charge in [0.2, 0.25) is 0 Å². The van der Waals surface area contributed by atoms with Gasteiger partial charge in [-0.1, -0.05) is 34.6 Å². The van der Waals surface area contributed by atoms with Crippen LogP contribution in [0.5, 0.6) is 0 Å². The molecule has 0 amide bonds. The van der Waals surface area contributed by atoms with Crippen LogP contribution in [0.15, 0.2) is 0 Å². The molecular formula is C15H33N3. The summed E-state index contributed by atoms with van der Waals surface area (Å²) in [7, 11) is 0. The average Bonchev–Trinajstić information content (AvgIpc) is 2.31. The predicted octanol–water partition coefficient (Wildman–Crippen LogP) is 2.04. The molecule has 1 aliphatic rings. The molecule has 1 aliphatic heterocycles. The van der Waals surface area contributed by atoms with E-state index in [4.69, 9.17) is 0 Å². The Hall–Kier alpha value is -0.120. The van der Waals surface area contributed by atoms with E-state index < -0.39 is 0 Å². The van der Waals surface area contributed by atoms with Crippen LogP contribution in [0.25, 0.3) is 0 Å². The fraction of sp³-hybridized carbons (Fsp3) is 1.00. The topological polar surface area (TPSA) is 18.5 Å². The molecule has 0 aliphatic carbocycles. The maximum Gasteiger partial charge on any atom is 0.0219 e. The summed E-state index contributed by atoms with van der Waals surface area (Å²) >= 11 is 0. The lowest BCUT2D eigenvalue weighted by Crippen LogP contribution is -2.53. The minimum atomic E-state index is 0.598. The number of piperazine rings is 1. The van der Waals surface area contributed by atoms with Crippen LogP contribution in [0.2, 0.25) is 0 Å². The first-order valence-corrected chi connectivity index (χ1v) is 7.72. The molecule has 1 unspecified atom stereocenters. The maximum absolute atomic E-state index is 3.58. The molecular weight excluding hydrogens is 222 g/mol. The quantitative estimate of drug-likeness (QED) is 0.751. The molecule has 0 aromatic rings. The van der Waals surface area contributed by atoms with Gasteiger partial charge >= 0.3 is 0 Å². The summed E-state index contributed by atoms with van der Waals surface area (Å²) in [6.45, 7) is 18.8. The number of rotatable bonds is 7. The van der Waals surface area contributed by atoms with Gasteiger partial charge in [0.15, 0.2) is 0 Å². The Balaban J connectivity index is 2.30. The fourth-order valence-corrected chi connectivity index (χ4v) is 2.73. The molecule has 1 rings (SSSR count). The van der Waals surface area contributed by atoms with Crippen LogP contribution >= 0.6 is 0 Å². The molecule has 0 aromatic heterocycles. The summed E-state index contributed by atoms with van der Waals surface area (Å²) in [5.74, 6) is 0.793. The van der Waals surface area contributed by atoms with Crippen molar-refractivity contribution in [3.63, 3.8) is 0 Å². The van der Waals surface area contributed by atoms with E-state index in [9.17, 15) is 0 Å². The first-order valence-electron chi connectivity index (χ1n) is 7.72. The summed E-state index contributed by atoms with van der Waals surface area (Å²) in [6.07, 6.45) is 1.25. The van der Waals surface area contributed by atoms with Gasteiger partial charge in [0, 0.05) is 51.4 Å². The van der Waals surface area contributed by atoms with Crippen LogP contribution in [0.4, 0.5) is 0 Å². The van der Waals surface area contributed by atoms with Crippen LogP contribution < -0.4 is 5.32 Å². The van der Waals surface area contributed by atoms with Crippen molar-refractivity contribution in [2.75, 3.05) is 39.3 Å². The van der Waals surface area contributed by atoms with Crippen LogP contribution in [0.1, 0.15) is 41.0 Å². The molecule has 0 saturated carbocycles. The second kappa shape index (κ2) is 8.13. The largest absolute Gasteiger partial charge is 0.313 e. The van der Waals surface area contributed by atoms with Crippen LogP contribution in [-0.2, 0) is 0 Å². The Morgan fingerprint density at radius 2 is 1.61 bits per heavy atom. The van der Waals surface area contributed by atoms with Crippen molar-refractivity contribution in [1.82, 2.24) is 15.1 Å². The zero-order chi connectivity index (χ0) is 13.5. The average molecular weight is 255 g/mol. The second-order valence-electron chi connectivity index (χ2n) is 6.36.